The molecule has 0 radical (unpaired) electrons. The van der Waals surface area contributed by atoms with E-state index < -0.39 is 0 Å². The van der Waals surface area contributed by atoms with E-state index >= 15 is 0 Å². The molecule has 0 bridgehead atoms. The van der Waals surface area contributed by atoms with Crippen molar-refractivity contribution in [3.8, 4) is 0 Å². The molecule has 4 nitrogen and oxygen atoms in total. The number of hydrogen-bond acceptors (Lipinski definition) is 3. The third-order valence-corrected chi connectivity index (χ3v) is 2.98. The summed E-state index contributed by atoms with van der Waals surface area (Å²) < 4.78 is 0. The number of carbonyl (C=O) groups is 1. The second-order valence-corrected chi connectivity index (χ2v) is 4.12. The molecule has 1 atom stereocenters. The fourth-order valence-corrected chi connectivity index (χ4v) is 1.72. The molecular formula is C9H16N2O2. The third kappa shape index (κ3) is 1.84. The maximum absolute atomic E-state index is 11.6. The minimum Gasteiger partial charge on any atom is -0.394 e. The molecule has 0 aromatic carbocycles. The number of hydrogen-bond donors (Lipinski definition) is 3. The Hall–Kier alpha value is -0.610. The van der Waals surface area contributed by atoms with Crippen molar-refractivity contribution >= 4 is 5.91 Å². The van der Waals surface area contributed by atoms with E-state index in [2.05, 4.69) is 10.6 Å². The summed E-state index contributed by atoms with van der Waals surface area (Å²) in [6.07, 6.45) is 2.78. The van der Waals surface area contributed by atoms with Crippen LogP contribution in [-0.4, -0.2) is 36.2 Å². The van der Waals surface area contributed by atoms with Crippen LogP contribution >= 0.6 is 0 Å². The smallest absolute Gasteiger partial charge is 0.224 e. The zero-order valence-electron chi connectivity index (χ0n) is 7.68. The molecule has 2 aliphatic rings. The first-order valence-electron chi connectivity index (χ1n) is 4.89. The maximum atomic E-state index is 11.6. The van der Waals surface area contributed by atoms with Gasteiger partial charge in [0, 0.05) is 6.54 Å². The van der Waals surface area contributed by atoms with Crippen molar-refractivity contribution in [3.05, 3.63) is 0 Å². The van der Waals surface area contributed by atoms with Crippen molar-refractivity contribution in [1.82, 2.24) is 10.6 Å². The van der Waals surface area contributed by atoms with Gasteiger partial charge in [-0.25, -0.2) is 0 Å². The van der Waals surface area contributed by atoms with Gasteiger partial charge in [-0.2, -0.15) is 0 Å². The standard InChI is InChI=1S/C9H16N2O2/c12-6-9(2-3-9)11-8(13)7-1-4-10-5-7/h7,10,12H,1-6H2,(H,11,13). The molecule has 2 fully saturated rings. The number of amides is 1. The predicted octanol–water partition coefficient (Wildman–Crippen LogP) is -0.763. The number of carbonyl (C=O) groups excluding carboxylic acids is 1. The Balaban J connectivity index is 1.84. The fraction of sp³-hybridized carbons (Fsp3) is 0.889. The lowest BCUT2D eigenvalue weighted by Crippen LogP contribution is -2.43. The van der Waals surface area contributed by atoms with Crippen LogP contribution in [0.5, 0.6) is 0 Å². The second kappa shape index (κ2) is 3.27. The lowest BCUT2D eigenvalue weighted by Gasteiger charge is -2.17. The van der Waals surface area contributed by atoms with Gasteiger partial charge >= 0.3 is 0 Å². The molecule has 13 heavy (non-hydrogen) atoms. The number of nitrogens with one attached hydrogen (secondary N) is 2. The minimum absolute atomic E-state index is 0.0822. The Morgan fingerprint density at radius 2 is 2.38 bits per heavy atom. The SMILES string of the molecule is O=C(NC1(CO)CC1)C1CCNC1. The van der Waals surface area contributed by atoms with Crippen LogP contribution in [-0.2, 0) is 4.79 Å². The fourth-order valence-electron chi connectivity index (χ4n) is 1.72. The van der Waals surface area contributed by atoms with Gasteiger partial charge in [-0.3, -0.25) is 4.79 Å². The summed E-state index contributed by atoms with van der Waals surface area (Å²) in [5.74, 6) is 0.223. The summed E-state index contributed by atoms with van der Waals surface area (Å²) in [5.41, 5.74) is -0.250. The van der Waals surface area contributed by atoms with E-state index in [9.17, 15) is 4.79 Å². The monoisotopic (exact) mass is 184 g/mol. The van der Waals surface area contributed by atoms with Gasteiger partial charge in [0.05, 0.1) is 18.1 Å². The number of rotatable bonds is 3. The molecule has 1 saturated carbocycles. The van der Waals surface area contributed by atoms with E-state index in [4.69, 9.17) is 5.11 Å². The molecule has 1 aliphatic heterocycles. The Kier molecular flexibility index (Phi) is 2.26. The van der Waals surface area contributed by atoms with E-state index in [1.807, 2.05) is 0 Å². The van der Waals surface area contributed by atoms with Crippen molar-refractivity contribution in [1.29, 1.82) is 0 Å². The topological polar surface area (TPSA) is 61.4 Å². The van der Waals surface area contributed by atoms with Gasteiger partial charge in [0.25, 0.3) is 0 Å². The molecule has 0 aromatic rings. The summed E-state index contributed by atoms with van der Waals surface area (Å²) >= 11 is 0. The van der Waals surface area contributed by atoms with Gasteiger partial charge < -0.3 is 15.7 Å². The van der Waals surface area contributed by atoms with Crippen molar-refractivity contribution in [2.24, 2.45) is 5.92 Å². The Bertz CT molecular complexity index is 208. The largest absolute Gasteiger partial charge is 0.394 e. The molecule has 1 amide bonds. The van der Waals surface area contributed by atoms with Crippen molar-refractivity contribution in [3.63, 3.8) is 0 Å². The van der Waals surface area contributed by atoms with Crippen LogP contribution in [0, 0.1) is 5.92 Å². The molecular weight excluding hydrogens is 168 g/mol. The second-order valence-electron chi connectivity index (χ2n) is 4.12. The van der Waals surface area contributed by atoms with E-state index in [0.717, 1.165) is 32.4 Å². The third-order valence-electron chi connectivity index (χ3n) is 2.98. The number of aliphatic hydroxyl groups is 1. The molecule has 1 unspecified atom stereocenters. The Labute approximate surface area is 77.7 Å². The van der Waals surface area contributed by atoms with Crippen LogP contribution in [0.2, 0.25) is 0 Å². The molecule has 1 saturated heterocycles. The first-order valence-corrected chi connectivity index (χ1v) is 4.89. The zero-order chi connectivity index (χ0) is 9.31. The lowest BCUT2D eigenvalue weighted by atomic mass is 10.1. The molecule has 1 aliphatic carbocycles. The highest BCUT2D eigenvalue weighted by atomic mass is 16.3. The van der Waals surface area contributed by atoms with Crippen LogP contribution in [0.4, 0.5) is 0 Å². The first-order chi connectivity index (χ1) is 6.26. The summed E-state index contributed by atoms with van der Waals surface area (Å²) in [6.45, 7) is 1.80. The predicted molar refractivity (Wildman–Crippen MR) is 48.2 cm³/mol. The van der Waals surface area contributed by atoms with Crippen LogP contribution in [0.15, 0.2) is 0 Å². The van der Waals surface area contributed by atoms with Gasteiger partial charge in [-0.15, -0.1) is 0 Å². The molecule has 2 rings (SSSR count). The first kappa shape index (κ1) is 8.97. The van der Waals surface area contributed by atoms with Crippen molar-refractivity contribution in [2.75, 3.05) is 19.7 Å². The molecule has 3 N–H and O–H groups in total. The highest BCUT2D eigenvalue weighted by Crippen LogP contribution is 2.34. The average Bonchev–Trinajstić information content (AvgIpc) is 2.69. The van der Waals surface area contributed by atoms with Gasteiger partial charge in [0.2, 0.25) is 5.91 Å². The zero-order valence-corrected chi connectivity index (χ0v) is 7.68. The summed E-state index contributed by atoms with van der Waals surface area (Å²) in [4.78, 5) is 11.6. The van der Waals surface area contributed by atoms with Crippen LogP contribution in [0.3, 0.4) is 0 Å². The molecule has 74 valence electrons. The van der Waals surface area contributed by atoms with Gasteiger partial charge in [-0.05, 0) is 25.8 Å². The van der Waals surface area contributed by atoms with Gasteiger partial charge in [0.1, 0.15) is 0 Å². The summed E-state index contributed by atoms with van der Waals surface area (Å²) in [6, 6.07) is 0. The summed E-state index contributed by atoms with van der Waals surface area (Å²) in [7, 11) is 0. The Morgan fingerprint density at radius 1 is 1.62 bits per heavy atom. The molecule has 0 spiro atoms. The van der Waals surface area contributed by atoms with Gasteiger partial charge in [0.15, 0.2) is 0 Å². The number of aliphatic hydroxyl groups excluding tert-OH is 1. The molecule has 4 heteroatoms. The van der Waals surface area contributed by atoms with E-state index in [0.29, 0.717) is 0 Å². The molecule has 1 heterocycles. The Morgan fingerprint density at radius 3 is 2.85 bits per heavy atom. The average molecular weight is 184 g/mol. The van der Waals surface area contributed by atoms with Crippen LogP contribution in [0.1, 0.15) is 19.3 Å². The highest BCUT2D eigenvalue weighted by Gasteiger charge is 2.44. The maximum Gasteiger partial charge on any atom is 0.224 e. The normalized spacial score (nSPS) is 30.1. The van der Waals surface area contributed by atoms with Crippen LogP contribution < -0.4 is 10.6 Å². The van der Waals surface area contributed by atoms with Crippen molar-refractivity contribution < 1.29 is 9.90 Å². The molecule has 0 aromatic heterocycles. The van der Waals surface area contributed by atoms with E-state index in [1.165, 1.54) is 0 Å². The van der Waals surface area contributed by atoms with Crippen LogP contribution in [0.25, 0.3) is 0 Å². The van der Waals surface area contributed by atoms with E-state index in [1.54, 1.807) is 0 Å². The summed E-state index contributed by atoms with van der Waals surface area (Å²) in [5, 5.41) is 15.1. The van der Waals surface area contributed by atoms with E-state index in [-0.39, 0.29) is 24.0 Å². The minimum atomic E-state index is -0.250. The quantitative estimate of drug-likeness (QED) is 0.540. The highest BCUT2D eigenvalue weighted by molar-refractivity contribution is 5.80. The van der Waals surface area contributed by atoms with Gasteiger partial charge in [-0.1, -0.05) is 0 Å². The van der Waals surface area contributed by atoms with Crippen molar-refractivity contribution in [2.45, 2.75) is 24.8 Å². The lowest BCUT2D eigenvalue weighted by molar-refractivity contribution is -0.125.